The van der Waals surface area contributed by atoms with Gasteiger partial charge in [0.1, 0.15) is 5.75 Å². The fourth-order valence-electron chi connectivity index (χ4n) is 2.12. The molecule has 4 heteroatoms. The van der Waals surface area contributed by atoms with E-state index in [1.807, 2.05) is 0 Å². The van der Waals surface area contributed by atoms with E-state index < -0.39 is 6.10 Å². The van der Waals surface area contributed by atoms with E-state index in [1.54, 1.807) is 29.2 Å². The molecule has 1 atom stereocenters. The molecular formula is C13H17NO3. The van der Waals surface area contributed by atoms with E-state index in [9.17, 15) is 15.0 Å². The van der Waals surface area contributed by atoms with E-state index >= 15 is 0 Å². The second kappa shape index (κ2) is 5.19. The second-order valence-electron chi connectivity index (χ2n) is 4.44. The van der Waals surface area contributed by atoms with Crippen molar-refractivity contribution in [3.63, 3.8) is 0 Å². The van der Waals surface area contributed by atoms with Gasteiger partial charge in [-0.05, 0) is 18.9 Å². The van der Waals surface area contributed by atoms with Crippen LogP contribution in [0.2, 0.25) is 0 Å². The molecular weight excluding hydrogens is 218 g/mol. The Bertz CT molecular complexity index is 405. The highest BCUT2D eigenvalue weighted by Crippen LogP contribution is 2.18. The maximum atomic E-state index is 12.0. The van der Waals surface area contributed by atoms with Crippen LogP contribution in [0.15, 0.2) is 24.3 Å². The van der Waals surface area contributed by atoms with E-state index in [0.717, 1.165) is 12.8 Å². The van der Waals surface area contributed by atoms with Gasteiger partial charge in [-0.3, -0.25) is 4.79 Å². The first-order valence-corrected chi connectivity index (χ1v) is 5.89. The van der Waals surface area contributed by atoms with Crippen molar-refractivity contribution in [3.8, 4) is 5.75 Å². The zero-order valence-corrected chi connectivity index (χ0v) is 9.67. The van der Waals surface area contributed by atoms with E-state index in [4.69, 9.17) is 0 Å². The minimum absolute atomic E-state index is 0.0368. The minimum atomic E-state index is -0.405. The predicted molar refractivity (Wildman–Crippen MR) is 63.6 cm³/mol. The lowest BCUT2D eigenvalue weighted by Gasteiger charge is -2.30. The molecule has 1 heterocycles. The number of likely N-dealkylation sites (tertiary alicyclic amines) is 1. The fraction of sp³-hybridized carbons (Fsp3) is 0.462. The summed E-state index contributed by atoms with van der Waals surface area (Å²) in [5, 5.41) is 19.1. The molecule has 1 aromatic rings. The monoisotopic (exact) mass is 235 g/mol. The van der Waals surface area contributed by atoms with Gasteiger partial charge in [-0.25, -0.2) is 0 Å². The Kier molecular flexibility index (Phi) is 3.64. The largest absolute Gasteiger partial charge is 0.508 e. The molecule has 1 amide bonds. The van der Waals surface area contributed by atoms with Crippen LogP contribution in [0.25, 0.3) is 0 Å². The molecule has 1 saturated heterocycles. The van der Waals surface area contributed by atoms with Crippen molar-refractivity contribution in [1.82, 2.24) is 4.90 Å². The van der Waals surface area contributed by atoms with E-state index in [0.29, 0.717) is 18.7 Å². The number of benzene rings is 1. The molecule has 0 saturated carbocycles. The molecule has 0 aromatic heterocycles. The van der Waals surface area contributed by atoms with Gasteiger partial charge in [0.15, 0.2) is 0 Å². The van der Waals surface area contributed by atoms with Gasteiger partial charge in [0, 0.05) is 18.7 Å². The standard InChI is InChI=1S/C13H17NO3/c15-11-5-3-7-14(9-11)13(17)8-10-4-1-2-6-12(10)16/h1-2,4,6,11,15-16H,3,5,7-9H2/t11-/m0/s1. The molecule has 1 fully saturated rings. The smallest absolute Gasteiger partial charge is 0.227 e. The van der Waals surface area contributed by atoms with E-state index in [2.05, 4.69) is 0 Å². The van der Waals surface area contributed by atoms with Gasteiger partial charge in [-0.15, -0.1) is 0 Å². The molecule has 4 nitrogen and oxygen atoms in total. The third-order valence-electron chi connectivity index (χ3n) is 3.08. The summed E-state index contributed by atoms with van der Waals surface area (Å²) in [6, 6.07) is 6.85. The van der Waals surface area contributed by atoms with Crippen LogP contribution in [0.5, 0.6) is 5.75 Å². The number of hydrogen-bond donors (Lipinski definition) is 2. The molecule has 2 N–H and O–H groups in total. The molecule has 1 aromatic carbocycles. The number of phenolic OH excluding ortho intramolecular Hbond substituents is 1. The van der Waals surface area contributed by atoms with Gasteiger partial charge in [-0.1, -0.05) is 18.2 Å². The van der Waals surface area contributed by atoms with Gasteiger partial charge >= 0.3 is 0 Å². The number of aliphatic hydroxyl groups excluding tert-OH is 1. The highest BCUT2D eigenvalue weighted by Gasteiger charge is 2.22. The number of rotatable bonds is 2. The summed E-state index contributed by atoms with van der Waals surface area (Å²) >= 11 is 0. The molecule has 1 aliphatic heterocycles. The van der Waals surface area contributed by atoms with Crippen molar-refractivity contribution in [2.24, 2.45) is 0 Å². The number of carbonyl (C=O) groups excluding carboxylic acids is 1. The summed E-state index contributed by atoms with van der Waals surface area (Å²) in [5.74, 6) is 0.114. The average molecular weight is 235 g/mol. The van der Waals surface area contributed by atoms with Gasteiger partial charge < -0.3 is 15.1 Å². The predicted octanol–water partition coefficient (Wildman–Crippen LogP) is 0.918. The van der Waals surface area contributed by atoms with E-state index in [1.165, 1.54) is 0 Å². The maximum absolute atomic E-state index is 12.0. The summed E-state index contributed by atoms with van der Waals surface area (Å²) in [7, 11) is 0. The van der Waals surface area contributed by atoms with Crippen molar-refractivity contribution in [1.29, 1.82) is 0 Å². The Balaban J connectivity index is 1.99. The van der Waals surface area contributed by atoms with Crippen LogP contribution in [-0.2, 0) is 11.2 Å². The number of hydrogen-bond acceptors (Lipinski definition) is 3. The highest BCUT2D eigenvalue weighted by molar-refractivity contribution is 5.79. The quantitative estimate of drug-likeness (QED) is 0.801. The third kappa shape index (κ3) is 2.97. The third-order valence-corrected chi connectivity index (χ3v) is 3.08. The molecule has 17 heavy (non-hydrogen) atoms. The fourth-order valence-corrected chi connectivity index (χ4v) is 2.12. The molecule has 0 unspecified atom stereocenters. The van der Waals surface area contributed by atoms with Gasteiger partial charge in [-0.2, -0.15) is 0 Å². The zero-order chi connectivity index (χ0) is 12.3. The van der Waals surface area contributed by atoms with Crippen molar-refractivity contribution >= 4 is 5.91 Å². The van der Waals surface area contributed by atoms with Crippen molar-refractivity contribution in [2.45, 2.75) is 25.4 Å². The lowest BCUT2D eigenvalue weighted by molar-refractivity contribution is -0.133. The normalized spacial score (nSPS) is 20.3. The Morgan fingerprint density at radius 1 is 1.41 bits per heavy atom. The Morgan fingerprint density at radius 2 is 2.18 bits per heavy atom. The number of aliphatic hydroxyl groups is 1. The number of carbonyl (C=O) groups is 1. The summed E-state index contributed by atoms with van der Waals surface area (Å²) in [5.41, 5.74) is 0.637. The van der Waals surface area contributed by atoms with Crippen molar-refractivity contribution in [2.75, 3.05) is 13.1 Å². The molecule has 92 valence electrons. The lowest BCUT2D eigenvalue weighted by atomic mass is 10.1. The molecule has 0 spiro atoms. The number of para-hydroxylation sites is 1. The molecule has 0 radical (unpaired) electrons. The minimum Gasteiger partial charge on any atom is -0.508 e. The molecule has 0 aliphatic carbocycles. The van der Waals surface area contributed by atoms with Crippen LogP contribution in [0.1, 0.15) is 18.4 Å². The van der Waals surface area contributed by atoms with Crippen LogP contribution >= 0.6 is 0 Å². The number of piperidine rings is 1. The van der Waals surface area contributed by atoms with Crippen LogP contribution in [0.4, 0.5) is 0 Å². The molecule has 1 aliphatic rings. The Morgan fingerprint density at radius 3 is 2.88 bits per heavy atom. The van der Waals surface area contributed by atoms with Crippen molar-refractivity contribution < 1.29 is 15.0 Å². The molecule has 0 bridgehead atoms. The first kappa shape index (κ1) is 11.9. The first-order valence-electron chi connectivity index (χ1n) is 5.89. The summed E-state index contributed by atoms with van der Waals surface area (Å²) < 4.78 is 0. The van der Waals surface area contributed by atoms with E-state index in [-0.39, 0.29) is 18.1 Å². The Labute approximate surface area is 100 Å². The molecule has 2 rings (SSSR count). The second-order valence-corrected chi connectivity index (χ2v) is 4.44. The van der Waals surface area contributed by atoms with Crippen LogP contribution in [0.3, 0.4) is 0 Å². The van der Waals surface area contributed by atoms with Crippen LogP contribution in [-0.4, -0.2) is 40.2 Å². The average Bonchev–Trinajstić information content (AvgIpc) is 2.32. The number of β-amino-alcohol motifs (C(OH)–C–C–N with tert-alkyl or cyclic N) is 1. The summed E-state index contributed by atoms with van der Waals surface area (Å²) in [6.07, 6.45) is 1.39. The highest BCUT2D eigenvalue weighted by atomic mass is 16.3. The van der Waals surface area contributed by atoms with Gasteiger partial charge in [0.2, 0.25) is 5.91 Å². The summed E-state index contributed by atoms with van der Waals surface area (Å²) in [6.45, 7) is 1.11. The van der Waals surface area contributed by atoms with Crippen LogP contribution in [0, 0.1) is 0 Å². The topological polar surface area (TPSA) is 60.8 Å². The lowest BCUT2D eigenvalue weighted by Crippen LogP contribution is -2.42. The van der Waals surface area contributed by atoms with Crippen molar-refractivity contribution in [3.05, 3.63) is 29.8 Å². The maximum Gasteiger partial charge on any atom is 0.227 e. The SMILES string of the molecule is O=C(Cc1ccccc1O)N1CCC[C@H](O)C1. The first-order chi connectivity index (χ1) is 8.16. The number of aromatic hydroxyl groups is 1. The number of amides is 1. The number of nitrogens with zero attached hydrogens (tertiary/aromatic N) is 1. The Hall–Kier alpha value is -1.55. The van der Waals surface area contributed by atoms with Gasteiger partial charge in [0.25, 0.3) is 0 Å². The van der Waals surface area contributed by atoms with Gasteiger partial charge in [0.05, 0.1) is 12.5 Å². The zero-order valence-electron chi connectivity index (χ0n) is 9.67. The van der Waals surface area contributed by atoms with Crippen LogP contribution < -0.4 is 0 Å². The number of phenols is 1. The summed E-state index contributed by atoms with van der Waals surface area (Å²) in [4.78, 5) is 13.6.